The van der Waals surface area contributed by atoms with Gasteiger partial charge in [0.15, 0.2) is 6.17 Å². The van der Waals surface area contributed by atoms with Crippen LogP contribution in [0.3, 0.4) is 0 Å². The van der Waals surface area contributed by atoms with Crippen molar-refractivity contribution in [2.75, 3.05) is 6.61 Å². The number of ether oxygens (including phenoxy) is 1. The average Bonchev–Trinajstić information content (AvgIpc) is 3.07. The molecule has 1 saturated heterocycles. The maximum Gasteiger partial charge on any atom is 0.277 e. The first-order valence-electron chi connectivity index (χ1n) is 7.85. The molecule has 0 radical (unpaired) electrons. The van der Waals surface area contributed by atoms with Crippen molar-refractivity contribution in [3.8, 4) is 0 Å². The van der Waals surface area contributed by atoms with Crippen LogP contribution >= 0.6 is 0 Å². The second-order valence-electron chi connectivity index (χ2n) is 6.90. The zero-order valence-electron chi connectivity index (χ0n) is 14.0. The minimum absolute atomic E-state index is 0.00124. The Hall–Kier alpha value is -2.21. The van der Waals surface area contributed by atoms with E-state index in [-0.39, 0.29) is 17.2 Å². The Morgan fingerprint density at radius 1 is 1.50 bits per heavy atom. The lowest BCUT2D eigenvalue weighted by Crippen LogP contribution is -2.48. The van der Waals surface area contributed by atoms with Gasteiger partial charge in [-0.25, -0.2) is 9.37 Å². The molecular formula is C15H19FN4O6. The first kappa shape index (κ1) is 18.6. The van der Waals surface area contributed by atoms with Crippen molar-refractivity contribution in [1.29, 1.82) is 0 Å². The minimum Gasteiger partial charge on any atom is -0.394 e. The van der Waals surface area contributed by atoms with Crippen LogP contribution in [0.2, 0.25) is 0 Å². The number of carbonyl (C=O) groups excluding carboxylic acids is 1. The Labute approximate surface area is 146 Å². The van der Waals surface area contributed by atoms with Crippen molar-refractivity contribution >= 4 is 17.8 Å². The van der Waals surface area contributed by atoms with Gasteiger partial charge in [0.1, 0.15) is 29.1 Å². The molecule has 6 N–H and O–H groups in total. The number of hydrogen-bond acceptors (Lipinski definition) is 8. The summed E-state index contributed by atoms with van der Waals surface area (Å²) in [6.45, 7) is 2.15. The molecule has 11 heteroatoms. The molecule has 2 aliphatic heterocycles. The number of carbonyl (C=O) groups is 1. The van der Waals surface area contributed by atoms with Crippen LogP contribution in [-0.4, -0.2) is 68.2 Å². The van der Waals surface area contributed by atoms with Gasteiger partial charge < -0.3 is 30.8 Å². The molecule has 3 heterocycles. The van der Waals surface area contributed by atoms with Gasteiger partial charge in [-0.3, -0.25) is 14.6 Å². The summed E-state index contributed by atoms with van der Waals surface area (Å²) < 4.78 is 19.4. The zero-order valence-corrected chi connectivity index (χ0v) is 14.0. The number of aliphatic imine (C=N–C) groups is 1. The second kappa shape index (κ2) is 5.91. The highest BCUT2D eigenvalue weighted by Crippen LogP contribution is 2.42. The largest absolute Gasteiger partial charge is 0.394 e. The maximum atomic E-state index is 14.1. The molecule has 10 nitrogen and oxygen atoms in total. The van der Waals surface area contributed by atoms with E-state index in [9.17, 15) is 24.2 Å². The lowest BCUT2D eigenvalue weighted by Gasteiger charge is -2.27. The van der Waals surface area contributed by atoms with Gasteiger partial charge in [0.05, 0.1) is 18.2 Å². The molecule has 1 unspecified atom stereocenters. The summed E-state index contributed by atoms with van der Waals surface area (Å²) in [6, 6.07) is 0. The van der Waals surface area contributed by atoms with E-state index in [1.807, 2.05) is 0 Å². The summed E-state index contributed by atoms with van der Waals surface area (Å²) in [7, 11) is 0. The number of nitrogens with two attached hydrogens (primary N) is 1. The first-order valence-corrected chi connectivity index (χ1v) is 7.85. The van der Waals surface area contributed by atoms with Gasteiger partial charge in [-0.15, -0.1) is 0 Å². The lowest BCUT2D eigenvalue weighted by atomic mass is 9.89. The summed E-state index contributed by atoms with van der Waals surface area (Å²) in [5.41, 5.74) is 3.25. The van der Waals surface area contributed by atoms with E-state index in [0.29, 0.717) is 0 Å². The van der Waals surface area contributed by atoms with Crippen LogP contribution < -0.4 is 11.3 Å². The molecule has 0 aromatic carbocycles. The third-order valence-corrected chi connectivity index (χ3v) is 4.79. The van der Waals surface area contributed by atoms with Crippen molar-refractivity contribution < 1.29 is 29.2 Å². The first-order chi connectivity index (χ1) is 12.0. The molecule has 3 rings (SSSR count). The molecule has 1 amide bonds. The second-order valence-corrected chi connectivity index (χ2v) is 6.90. The van der Waals surface area contributed by atoms with Crippen LogP contribution in [0, 0.1) is 0 Å². The number of alkyl halides is 1. The quantitative estimate of drug-likeness (QED) is 0.386. The molecule has 142 valence electrons. The van der Waals surface area contributed by atoms with Gasteiger partial charge in [-0.1, -0.05) is 0 Å². The number of aromatic amines is 1. The number of nitrogens with one attached hydrogen (secondary N) is 1. The third-order valence-electron chi connectivity index (χ3n) is 4.79. The molecule has 0 saturated carbocycles. The number of H-pyrrole nitrogens is 1. The standard InChI is InChI=1S/C15H19FN4O6/c1-14(2,12(17)23)13-19-7-5(3-18-8(7)11(22)20-13)10-15(24,25)9(16)6(4-21)26-10/h3,5-6,9-10,21,24-25H,4H2,1-2H3,(H2,17,23)(H,19,20,22)/t5?,6-,9-,10+/m1/s1. The molecule has 26 heavy (non-hydrogen) atoms. The zero-order chi connectivity index (χ0) is 19.4. The molecule has 2 aliphatic rings. The predicted molar refractivity (Wildman–Crippen MR) is 85.8 cm³/mol. The Kier molecular flexibility index (Phi) is 4.22. The number of halogens is 1. The van der Waals surface area contributed by atoms with Crippen LogP contribution in [0.25, 0.3) is 0 Å². The summed E-state index contributed by atoms with van der Waals surface area (Å²) in [5, 5.41) is 29.3. The fraction of sp³-hybridized carbons (Fsp3) is 0.600. The van der Waals surface area contributed by atoms with Gasteiger partial charge in [-0.05, 0) is 13.8 Å². The Balaban J connectivity index is 2.07. The average molecular weight is 370 g/mol. The van der Waals surface area contributed by atoms with Gasteiger partial charge in [0, 0.05) is 6.21 Å². The van der Waals surface area contributed by atoms with Crippen molar-refractivity contribution in [2.45, 2.75) is 49.3 Å². The van der Waals surface area contributed by atoms with Crippen LogP contribution in [0.1, 0.15) is 31.3 Å². The Morgan fingerprint density at radius 3 is 2.69 bits per heavy atom. The van der Waals surface area contributed by atoms with E-state index in [2.05, 4.69) is 15.0 Å². The van der Waals surface area contributed by atoms with Crippen molar-refractivity contribution in [1.82, 2.24) is 9.97 Å². The highest BCUT2D eigenvalue weighted by Gasteiger charge is 2.59. The van der Waals surface area contributed by atoms with Crippen LogP contribution in [-0.2, 0) is 14.9 Å². The van der Waals surface area contributed by atoms with Crippen molar-refractivity contribution in [3.63, 3.8) is 0 Å². The number of hydrogen-bond donors (Lipinski definition) is 5. The lowest BCUT2D eigenvalue weighted by molar-refractivity contribution is -0.217. The topological polar surface area (TPSA) is 171 Å². The normalized spacial score (nSPS) is 29.8. The SMILES string of the molecule is CC(C)(C(N)=O)c1nc2c(c(=O)[nH]1)N=CC2[C@@H]1O[C@H](CO)[C@@H](F)C1(O)O. The molecule has 1 fully saturated rings. The number of nitrogens with zero attached hydrogens (tertiary/aromatic N) is 2. The number of rotatable bonds is 4. The van der Waals surface area contributed by atoms with E-state index >= 15 is 0 Å². The third kappa shape index (κ3) is 2.55. The Morgan fingerprint density at radius 2 is 2.15 bits per heavy atom. The van der Waals surface area contributed by atoms with Crippen molar-refractivity contribution in [2.24, 2.45) is 10.7 Å². The number of aliphatic hydroxyl groups is 3. The van der Waals surface area contributed by atoms with E-state index in [0.717, 1.165) is 0 Å². The summed E-state index contributed by atoms with van der Waals surface area (Å²) in [5.74, 6) is -4.77. The van der Waals surface area contributed by atoms with Gasteiger partial charge >= 0.3 is 0 Å². The summed E-state index contributed by atoms with van der Waals surface area (Å²) in [4.78, 5) is 34.4. The fourth-order valence-corrected chi connectivity index (χ4v) is 2.97. The van der Waals surface area contributed by atoms with E-state index in [1.165, 1.54) is 20.1 Å². The monoisotopic (exact) mass is 370 g/mol. The maximum absolute atomic E-state index is 14.1. The highest BCUT2D eigenvalue weighted by atomic mass is 19.1. The molecule has 0 aliphatic carbocycles. The van der Waals surface area contributed by atoms with E-state index < -0.39 is 53.6 Å². The van der Waals surface area contributed by atoms with E-state index in [4.69, 9.17) is 15.6 Å². The van der Waals surface area contributed by atoms with Crippen molar-refractivity contribution in [3.05, 3.63) is 21.9 Å². The Bertz CT molecular complexity index is 836. The van der Waals surface area contributed by atoms with Crippen LogP contribution in [0.4, 0.5) is 10.1 Å². The van der Waals surface area contributed by atoms with Crippen LogP contribution in [0.15, 0.2) is 9.79 Å². The number of amides is 1. The molecule has 0 spiro atoms. The van der Waals surface area contributed by atoms with Gasteiger partial charge in [-0.2, -0.15) is 0 Å². The van der Waals surface area contributed by atoms with E-state index in [1.54, 1.807) is 0 Å². The number of fused-ring (bicyclic) bond motifs is 1. The predicted octanol–water partition coefficient (Wildman–Crippen LogP) is -1.89. The molecule has 1 aromatic heterocycles. The highest BCUT2D eigenvalue weighted by molar-refractivity contribution is 5.85. The fourth-order valence-electron chi connectivity index (χ4n) is 2.97. The van der Waals surface area contributed by atoms with Crippen LogP contribution in [0.5, 0.6) is 0 Å². The molecular weight excluding hydrogens is 351 g/mol. The van der Waals surface area contributed by atoms with Gasteiger partial charge in [0.2, 0.25) is 11.7 Å². The smallest absolute Gasteiger partial charge is 0.277 e. The minimum atomic E-state index is -2.92. The van der Waals surface area contributed by atoms with Gasteiger partial charge in [0.25, 0.3) is 5.56 Å². The molecule has 0 bridgehead atoms. The molecule has 4 atom stereocenters. The number of aromatic nitrogens is 2. The summed E-state index contributed by atoms with van der Waals surface area (Å²) >= 11 is 0. The number of primary amides is 1. The summed E-state index contributed by atoms with van der Waals surface area (Å²) in [6.07, 6.45) is -4.08. The number of aliphatic hydroxyl groups excluding tert-OH is 1. The molecule has 1 aromatic rings.